The molecule has 1 amide bonds. The molecule has 1 fully saturated rings. The number of nitrogens with zero attached hydrogens (tertiary/aromatic N) is 2. The molecule has 0 aromatic heterocycles. The summed E-state index contributed by atoms with van der Waals surface area (Å²) in [5.41, 5.74) is 0. The van der Waals surface area contributed by atoms with Gasteiger partial charge in [0.1, 0.15) is 6.61 Å². The van der Waals surface area contributed by atoms with E-state index in [9.17, 15) is 4.79 Å². The molecular weight excluding hydrogens is 184 g/mol. The van der Waals surface area contributed by atoms with Crippen molar-refractivity contribution in [2.45, 2.75) is 25.3 Å². The zero-order valence-electron chi connectivity index (χ0n) is 7.98. The Morgan fingerprint density at radius 3 is 2.86 bits per heavy atom. The summed E-state index contributed by atoms with van der Waals surface area (Å²) < 4.78 is 4.78. The zero-order valence-corrected chi connectivity index (χ0v) is 7.98. The van der Waals surface area contributed by atoms with Crippen LogP contribution >= 0.6 is 0 Å². The monoisotopic (exact) mass is 198 g/mol. The second-order valence-corrected chi connectivity index (χ2v) is 3.17. The minimum Gasteiger partial charge on any atom is -0.447 e. The minimum atomic E-state index is -0.420. The lowest BCUT2D eigenvalue weighted by molar-refractivity contribution is 0.0826. The molecule has 0 aromatic rings. The van der Waals surface area contributed by atoms with Gasteiger partial charge in [0.25, 0.3) is 0 Å². The van der Waals surface area contributed by atoms with E-state index in [1.807, 2.05) is 6.07 Å². The molecule has 1 aliphatic rings. The van der Waals surface area contributed by atoms with Gasteiger partial charge in [-0.05, 0) is 12.8 Å². The van der Waals surface area contributed by atoms with Crippen molar-refractivity contribution in [3.63, 3.8) is 0 Å². The number of carbonyl (C=O) groups is 1. The quantitative estimate of drug-likeness (QED) is 0.697. The van der Waals surface area contributed by atoms with Crippen molar-refractivity contribution in [3.05, 3.63) is 0 Å². The van der Waals surface area contributed by atoms with Crippen molar-refractivity contribution in [1.29, 1.82) is 5.26 Å². The molecule has 1 aliphatic carbocycles. The third-order valence-corrected chi connectivity index (χ3v) is 2.00. The summed E-state index contributed by atoms with van der Waals surface area (Å²) in [7, 11) is 0. The van der Waals surface area contributed by atoms with E-state index in [0.29, 0.717) is 13.0 Å². The molecule has 0 atom stereocenters. The van der Waals surface area contributed by atoms with Gasteiger partial charge in [0.05, 0.1) is 19.1 Å². The summed E-state index contributed by atoms with van der Waals surface area (Å²) in [6, 6.07) is 2.24. The van der Waals surface area contributed by atoms with Crippen LogP contribution in [0.4, 0.5) is 4.79 Å². The Hall–Kier alpha value is -1.28. The molecule has 0 radical (unpaired) electrons. The van der Waals surface area contributed by atoms with Gasteiger partial charge in [-0.15, -0.1) is 0 Å². The number of amides is 1. The van der Waals surface area contributed by atoms with Crippen molar-refractivity contribution in [2.75, 3.05) is 19.8 Å². The van der Waals surface area contributed by atoms with Gasteiger partial charge < -0.3 is 14.7 Å². The minimum absolute atomic E-state index is 0.0224. The van der Waals surface area contributed by atoms with E-state index in [1.165, 1.54) is 0 Å². The van der Waals surface area contributed by atoms with E-state index in [1.54, 1.807) is 4.90 Å². The molecule has 5 heteroatoms. The van der Waals surface area contributed by atoms with Crippen LogP contribution in [-0.4, -0.2) is 41.9 Å². The number of rotatable bonds is 5. The maximum absolute atomic E-state index is 11.4. The van der Waals surface area contributed by atoms with Gasteiger partial charge in [-0.2, -0.15) is 5.26 Å². The third-order valence-electron chi connectivity index (χ3n) is 2.00. The fourth-order valence-electron chi connectivity index (χ4n) is 1.20. The summed E-state index contributed by atoms with van der Waals surface area (Å²) in [6.45, 7) is 0.280. The average Bonchev–Trinajstić information content (AvgIpc) is 2.99. The summed E-state index contributed by atoms with van der Waals surface area (Å²) in [5, 5.41) is 16.9. The Bertz CT molecular complexity index is 233. The maximum Gasteiger partial charge on any atom is 0.410 e. The van der Waals surface area contributed by atoms with Gasteiger partial charge in [-0.3, -0.25) is 0 Å². The highest BCUT2D eigenvalue weighted by Crippen LogP contribution is 2.27. The van der Waals surface area contributed by atoms with Crippen LogP contribution in [0.15, 0.2) is 0 Å². The number of aliphatic hydroxyl groups excluding tert-OH is 1. The van der Waals surface area contributed by atoms with Crippen LogP contribution in [-0.2, 0) is 4.74 Å². The van der Waals surface area contributed by atoms with Crippen molar-refractivity contribution in [1.82, 2.24) is 4.90 Å². The van der Waals surface area contributed by atoms with Crippen LogP contribution in [0.3, 0.4) is 0 Å². The van der Waals surface area contributed by atoms with E-state index in [4.69, 9.17) is 15.1 Å². The van der Waals surface area contributed by atoms with Crippen LogP contribution in [0.25, 0.3) is 0 Å². The highest BCUT2D eigenvalue weighted by Gasteiger charge is 2.32. The lowest BCUT2D eigenvalue weighted by atomic mass is 10.4. The Morgan fingerprint density at radius 1 is 1.64 bits per heavy atom. The molecule has 0 aromatic carbocycles. The second-order valence-electron chi connectivity index (χ2n) is 3.17. The number of hydrogen-bond acceptors (Lipinski definition) is 4. The normalized spacial score (nSPS) is 14.6. The molecule has 5 nitrogen and oxygen atoms in total. The maximum atomic E-state index is 11.4. The van der Waals surface area contributed by atoms with Crippen LogP contribution < -0.4 is 0 Å². The average molecular weight is 198 g/mol. The number of nitriles is 1. The Kier molecular flexibility index (Phi) is 4.20. The molecule has 14 heavy (non-hydrogen) atoms. The standard InChI is InChI=1S/C9H14N2O3/c10-4-1-5-11(8-2-3-8)9(13)14-7-6-12/h8,12H,1-3,5-7H2. The Labute approximate surface area is 82.9 Å². The lowest BCUT2D eigenvalue weighted by Gasteiger charge is -2.19. The van der Waals surface area contributed by atoms with E-state index in [-0.39, 0.29) is 19.3 Å². The third kappa shape index (κ3) is 3.23. The highest BCUT2D eigenvalue weighted by atomic mass is 16.6. The van der Waals surface area contributed by atoms with Crippen molar-refractivity contribution in [2.24, 2.45) is 0 Å². The first-order valence-electron chi connectivity index (χ1n) is 4.70. The topological polar surface area (TPSA) is 73.6 Å². The van der Waals surface area contributed by atoms with Gasteiger partial charge >= 0.3 is 6.09 Å². The van der Waals surface area contributed by atoms with Crippen LogP contribution in [0.2, 0.25) is 0 Å². The molecular formula is C9H14N2O3. The number of carbonyl (C=O) groups excluding carboxylic acids is 1. The molecule has 0 aliphatic heterocycles. The fourth-order valence-corrected chi connectivity index (χ4v) is 1.20. The first-order valence-corrected chi connectivity index (χ1v) is 4.70. The van der Waals surface area contributed by atoms with Gasteiger partial charge in [-0.1, -0.05) is 0 Å². The van der Waals surface area contributed by atoms with E-state index >= 15 is 0 Å². The molecule has 0 spiro atoms. The first kappa shape index (κ1) is 10.8. The van der Waals surface area contributed by atoms with Gasteiger partial charge in [0, 0.05) is 12.6 Å². The first-order chi connectivity index (χ1) is 6.79. The molecule has 0 unspecified atom stereocenters. The molecule has 0 bridgehead atoms. The SMILES string of the molecule is N#CCCN(C(=O)OCCO)C1CC1. The van der Waals surface area contributed by atoms with Crippen LogP contribution in [0, 0.1) is 11.3 Å². The van der Waals surface area contributed by atoms with Crippen molar-refractivity contribution in [3.8, 4) is 6.07 Å². The van der Waals surface area contributed by atoms with E-state index in [2.05, 4.69) is 0 Å². The van der Waals surface area contributed by atoms with Crippen LogP contribution in [0.5, 0.6) is 0 Å². The summed E-state index contributed by atoms with van der Waals surface area (Å²) in [4.78, 5) is 12.9. The van der Waals surface area contributed by atoms with Crippen molar-refractivity contribution >= 4 is 6.09 Å². The van der Waals surface area contributed by atoms with Gasteiger partial charge in [0.2, 0.25) is 0 Å². The molecule has 0 saturated heterocycles. The smallest absolute Gasteiger partial charge is 0.410 e. The fraction of sp³-hybridized carbons (Fsp3) is 0.778. The van der Waals surface area contributed by atoms with E-state index < -0.39 is 6.09 Å². The lowest BCUT2D eigenvalue weighted by Crippen LogP contribution is -2.34. The van der Waals surface area contributed by atoms with Crippen molar-refractivity contribution < 1.29 is 14.6 Å². The molecule has 1 N–H and O–H groups in total. The predicted molar refractivity (Wildman–Crippen MR) is 48.4 cm³/mol. The van der Waals surface area contributed by atoms with E-state index in [0.717, 1.165) is 12.8 Å². The molecule has 78 valence electrons. The molecule has 1 rings (SSSR count). The molecule has 1 saturated carbocycles. The van der Waals surface area contributed by atoms with Crippen LogP contribution in [0.1, 0.15) is 19.3 Å². The number of ether oxygens (including phenoxy) is 1. The molecule has 0 heterocycles. The number of hydrogen-bond donors (Lipinski definition) is 1. The van der Waals surface area contributed by atoms with Gasteiger partial charge in [0.15, 0.2) is 0 Å². The summed E-state index contributed by atoms with van der Waals surface area (Å²) in [5.74, 6) is 0. The highest BCUT2D eigenvalue weighted by molar-refractivity contribution is 5.68. The Morgan fingerprint density at radius 2 is 2.36 bits per heavy atom. The number of aliphatic hydroxyl groups is 1. The largest absolute Gasteiger partial charge is 0.447 e. The summed E-state index contributed by atoms with van der Waals surface area (Å²) in [6.07, 6.45) is 1.88. The predicted octanol–water partition coefficient (Wildman–Crippen LogP) is 0.493. The summed E-state index contributed by atoms with van der Waals surface area (Å²) >= 11 is 0. The Balaban J connectivity index is 2.33. The van der Waals surface area contributed by atoms with Gasteiger partial charge in [-0.25, -0.2) is 4.79 Å². The second kappa shape index (κ2) is 5.45. The zero-order chi connectivity index (χ0) is 10.4.